The summed E-state index contributed by atoms with van der Waals surface area (Å²) in [7, 11) is 0. The van der Waals surface area contributed by atoms with Gasteiger partial charge in [-0.3, -0.25) is 10.1 Å². The number of hydrogen-bond acceptors (Lipinski definition) is 5. The molecular weight excluding hydrogens is 365 g/mol. The molecule has 0 unspecified atom stereocenters. The topological polar surface area (TPSA) is 77.2 Å². The van der Waals surface area contributed by atoms with Crippen molar-refractivity contribution in [2.75, 3.05) is 5.32 Å². The Morgan fingerprint density at radius 1 is 1.20 bits per heavy atom. The lowest BCUT2D eigenvalue weighted by Gasteiger charge is -2.05. The summed E-state index contributed by atoms with van der Waals surface area (Å²) in [6.45, 7) is 1.91. The molecule has 1 heterocycles. The summed E-state index contributed by atoms with van der Waals surface area (Å²) in [4.78, 5) is 12.1. The van der Waals surface area contributed by atoms with Crippen molar-refractivity contribution >= 4 is 35.1 Å². The van der Waals surface area contributed by atoms with Gasteiger partial charge in [0.25, 0.3) is 11.8 Å². The van der Waals surface area contributed by atoms with Crippen molar-refractivity contribution in [3.8, 4) is 5.75 Å². The van der Waals surface area contributed by atoms with Crippen molar-refractivity contribution in [1.82, 2.24) is 10.2 Å². The first-order valence-corrected chi connectivity index (χ1v) is 8.05. The Morgan fingerprint density at radius 2 is 2.04 bits per heavy atom. The molecule has 25 heavy (non-hydrogen) atoms. The van der Waals surface area contributed by atoms with Crippen LogP contribution in [-0.2, 0) is 6.61 Å². The molecule has 0 saturated carbocycles. The van der Waals surface area contributed by atoms with Gasteiger partial charge in [-0.1, -0.05) is 46.0 Å². The zero-order valence-corrected chi connectivity index (χ0v) is 14.6. The van der Waals surface area contributed by atoms with Gasteiger partial charge in [0.1, 0.15) is 5.75 Å². The van der Waals surface area contributed by atoms with Crippen LogP contribution in [0.3, 0.4) is 0 Å². The number of rotatable bonds is 5. The molecule has 0 bridgehead atoms. The van der Waals surface area contributed by atoms with Gasteiger partial charge in [-0.15, -0.1) is 5.10 Å². The van der Waals surface area contributed by atoms with Crippen molar-refractivity contribution in [2.24, 2.45) is 0 Å². The smallest absolute Gasteiger partial charge is 0.322 e. The largest absolute Gasteiger partial charge is 0.482 e. The van der Waals surface area contributed by atoms with E-state index in [1.165, 1.54) is 0 Å². The molecule has 0 aliphatic carbocycles. The van der Waals surface area contributed by atoms with E-state index in [2.05, 4.69) is 15.5 Å². The van der Waals surface area contributed by atoms with E-state index in [1.54, 1.807) is 36.4 Å². The Morgan fingerprint density at radius 3 is 2.80 bits per heavy atom. The molecule has 0 spiro atoms. The molecule has 0 radical (unpaired) electrons. The van der Waals surface area contributed by atoms with Gasteiger partial charge in [-0.25, -0.2) is 0 Å². The summed E-state index contributed by atoms with van der Waals surface area (Å²) in [5, 5.41) is 11.0. The minimum absolute atomic E-state index is 0.00712. The Kier molecular flexibility index (Phi) is 5.21. The van der Waals surface area contributed by atoms with Crippen LogP contribution in [0.2, 0.25) is 10.0 Å². The minimum atomic E-state index is -0.333. The summed E-state index contributed by atoms with van der Waals surface area (Å²) >= 11 is 11.8. The fourth-order valence-electron chi connectivity index (χ4n) is 2.05. The standard InChI is InChI=1S/C17H13Cl2N3O3/c1-10-3-2-4-11(7-10)16(23)20-17-22-21-15(25-17)9-24-14-6-5-12(18)8-13(14)19/h2-8H,9H2,1H3,(H,20,22,23). The van der Waals surface area contributed by atoms with Crippen molar-refractivity contribution < 1.29 is 13.9 Å². The number of ether oxygens (including phenoxy) is 1. The number of nitrogens with one attached hydrogen (secondary N) is 1. The molecule has 2 aromatic carbocycles. The monoisotopic (exact) mass is 377 g/mol. The van der Waals surface area contributed by atoms with Gasteiger partial charge < -0.3 is 9.15 Å². The summed E-state index contributed by atoms with van der Waals surface area (Å²) in [6, 6.07) is 12.0. The number of amides is 1. The second kappa shape index (κ2) is 7.55. The first-order valence-electron chi connectivity index (χ1n) is 7.29. The van der Waals surface area contributed by atoms with E-state index in [0.29, 0.717) is 21.4 Å². The number of carbonyl (C=O) groups is 1. The number of halogens is 2. The summed E-state index contributed by atoms with van der Waals surface area (Å²) in [6.07, 6.45) is 0. The lowest BCUT2D eigenvalue weighted by molar-refractivity contribution is 0.102. The molecule has 128 valence electrons. The number of benzene rings is 2. The second-order valence-electron chi connectivity index (χ2n) is 5.19. The quantitative estimate of drug-likeness (QED) is 0.707. The van der Waals surface area contributed by atoms with Crippen LogP contribution in [0.1, 0.15) is 21.8 Å². The Hall–Kier alpha value is -2.57. The van der Waals surface area contributed by atoms with Gasteiger partial charge in [0.15, 0.2) is 6.61 Å². The van der Waals surface area contributed by atoms with Gasteiger partial charge >= 0.3 is 6.01 Å². The third-order valence-electron chi connectivity index (χ3n) is 3.21. The number of aryl methyl sites for hydroxylation is 1. The van der Waals surface area contributed by atoms with Gasteiger partial charge in [0.2, 0.25) is 0 Å². The summed E-state index contributed by atoms with van der Waals surface area (Å²) in [5.41, 5.74) is 1.48. The van der Waals surface area contributed by atoms with Gasteiger partial charge in [-0.2, -0.15) is 0 Å². The fraction of sp³-hybridized carbons (Fsp3) is 0.118. The van der Waals surface area contributed by atoms with Crippen molar-refractivity contribution in [1.29, 1.82) is 0 Å². The third-order valence-corrected chi connectivity index (χ3v) is 3.74. The van der Waals surface area contributed by atoms with Gasteiger partial charge in [-0.05, 0) is 37.3 Å². The maximum absolute atomic E-state index is 12.1. The number of aromatic nitrogens is 2. The lowest BCUT2D eigenvalue weighted by atomic mass is 10.1. The second-order valence-corrected chi connectivity index (χ2v) is 6.03. The molecule has 0 aliphatic heterocycles. The van der Waals surface area contributed by atoms with E-state index < -0.39 is 0 Å². The van der Waals surface area contributed by atoms with Crippen LogP contribution in [0.25, 0.3) is 0 Å². The summed E-state index contributed by atoms with van der Waals surface area (Å²) < 4.78 is 10.8. The van der Waals surface area contributed by atoms with Gasteiger partial charge in [0.05, 0.1) is 5.02 Å². The molecule has 0 fully saturated rings. The van der Waals surface area contributed by atoms with Crippen molar-refractivity contribution in [3.63, 3.8) is 0 Å². The molecule has 3 aromatic rings. The number of nitrogens with zero attached hydrogens (tertiary/aromatic N) is 2. The third kappa shape index (κ3) is 4.49. The van der Waals surface area contributed by atoms with Crippen LogP contribution >= 0.6 is 23.2 Å². The van der Waals surface area contributed by atoms with Crippen LogP contribution in [0.4, 0.5) is 6.01 Å². The molecule has 6 nitrogen and oxygen atoms in total. The zero-order chi connectivity index (χ0) is 17.8. The molecular formula is C17H13Cl2N3O3. The molecule has 0 saturated heterocycles. The minimum Gasteiger partial charge on any atom is -0.482 e. The van der Waals surface area contributed by atoms with E-state index in [1.807, 2.05) is 13.0 Å². The fourth-order valence-corrected chi connectivity index (χ4v) is 2.51. The van der Waals surface area contributed by atoms with Crippen molar-refractivity contribution in [3.05, 3.63) is 69.5 Å². The average Bonchev–Trinajstić information content (AvgIpc) is 3.01. The molecule has 8 heteroatoms. The zero-order valence-electron chi connectivity index (χ0n) is 13.1. The lowest BCUT2D eigenvalue weighted by Crippen LogP contribution is -2.12. The van der Waals surface area contributed by atoms with E-state index >= 15 is 0 Å². The summed E-state index contributed by atoms with van der Waals surface area (Å²) in [5.74, 6) is 0.306. The Bertz CT molecular complexity index is 912. The number of hydrogen-bond donors (Lipinski definition) is 1. The Balaban J connectivity index is 1.61. The highest BCUT2D eigenvalue weighted by molar-refractivity contribution is 6.35. The van der Waals surface area contributed by atoms with E-state index in [-0.39, 0.29) is 24.4 Å². The van der Waals surface area contributed by atoms with Crippen molar-refractivity contribution in [2.45, 2.75) is 13.5 Å². The van der Waals surface area contributed by atoms with Crippen LogP contribution in [0.5, 0.6) is 5.75 Å². The van der Waals surface area contributed by atoms with E-state index in [4.69, 9.17) is 32.4 Å². The maximum atomic E-state index is 12.1. The average molecular weight is 378 g/mol. The van der Waals surface area contributed by atoms with Crippen LogP contribution in [0.15, 0.2) is 46.9 Å². The predicted octanol–water partition coefficient (Wildman–Crippen LogP) is 4.52. The SMILES string of the molecule is Cc1cccc(C(=O)Nc2nnc(COc3ccc(Cl)cc3Cl)o2)c1. The first-order chi connectivity index (χ1) is 12.0. The highest BCUT2D eigenvalue weighted by Crippen LogP contribution is 2.28. The molecule has 1 aromatic heterocycles. The Labute approximate surface area is 153 Å². The number of anilines is 1. The predicted molar refractivity (Wildman–Crippen MR) is 94.2 cm³/mol. The van der Waals surface area contributed by atoms with E-state index in [9.17, 15) is 4.79 Å². The molecule has 0 atom stereocenters. The van der Waals surface area contributed by atoms with E-state index in [0.717, 1.165) is 5.56 Å². The highest BCUT2D eigenvalue weighted by atomic mass is 35.5. The molecule has 0 aliphatic rings. The molecule has 1 amide bonds. The first kappa shape index (κ1) is 17.3. The van der Waals surface area contributed by atoms with Crippen LogP contribution < -0.4 is 10.1 Å². The van der Waals surface area contributed by atoms with Gasteiger partial charge in [0, 0.05) is 10.6 Å². The highest BCUT2D eigenvalue weighted by Gasteiger charge is 2.12. The normalized spacial score (nSPS) is 10.5. The number of carbonyl (C=O) groups excluding carboxylic acids is 1. The maximum Gasteiger partial charge on any atom is 0.322 e. The van der Waals surface area contributed by atoms with Crippen LogP contribution in [-0.4, -0.2) is 16.1 Å². The molecule has 3 rings (SSSR count). The van der Waals surface area contributed by atoms with Crippen LogP contribution in [0, 0.1) is 6.92 Å². The molecule has 1 N–H and O–H groups in total.